The second kappa shape index (κ2) is 5.82. The Morgan fingerprint density at radius 3 is 2.54 bits per heavy atom. The molecular weight excluding hydrogens is 332 g/mol. The first-order valence-corrected chi connectivity index (χ1v) is 9.22. The zero-order chi connectivity index (χ0) is 17.4. The van der Waals surface area contributed by atoms with E-state index in [4.69, 9.17) is 0 Å². The highest BCUT2D eigenvalue weighted by molar-refractivity contribution is 7.92. The Morgan fingerprint density at radius 1 is 1.25 bits per heavy atom. The van der Waals surface area contributed by atoms with Gasteiger partial charge in [0, 0.05) is 30.5 Å². The van der Waals surface area contributed by atoms with Gasteiger partial charge in [0.15, 0.2) is 9.84 Å². The fraction of sp³-hybridized carbons (Fsp3) is 0.333. The molecule has 1 aromatic heterocycles. The van der Waals surface area contributed by atoms with Crippen molar-refractivity contribution in [2.75, 3.05) is 18.1 Å². The van der Waals surface area contributed by atoms with Gasteiger partial charge >= 0.3 is 0 Å². The lowest BCUT2D eigenvalue weighted by Crippen LogP contribution is -2.30. The minimum Gasteiger partial charge on any atom is -0.367 e. The molecule has 0 saturated heterocycles. The molecule has 1 N–H and O–H groups in total. The Labute approximate surface area is 139 Å². The number of sulfone groups is 1. The molecule has 1 fully saturated rings. The van der Waals surface area contributed by atoms with Crippen molar-refractivity contribution in [2.45, 2.75) is 17.6 Å². The van der Waals surface area contributed by atoms with Crippen LogP contribution in [-0.2, 0) is 9.84 Å². The summed E-state index contributed by atoms with van der Waals surface area (Å²) < 4.78 is 22.8. The van der Waals surface area contributed by atoms with Crippen molar-refractivity contribution >= 4 is 21.3 Å². The summed E-state index contributed by atoms with van der Waals surface area (Å²) in [7, 11) is -3.10. The van der Waals surface area contributed by atoms with E-state index < -0.39 is 19.5 Å². The topological polar surface area (TPSA) is 115 Å². The number of anilines is 1. The van der Waals surface area contributed by atoms with Crippen molar-refractivity contribution < 1.29 is 13.3 Å². The number of aromatic nitrogens is 2. The van der Waals surface area contributed by atoms with Gasteiger partial charge in [-0.2, -0.15) is 0 Å². The maximum Gasteiger partial charge on any atom is 0.270 e. The van der Waals surface area contributed by atoms with Gasteiger partial charge in [0.05, 0.1) is 15.4 Å². The van der Waals surface area contributed by atoms with E-state index >= 15 is 0 Å². The van der Waals surface area contributed by atoms with Crippen LogP contribution in [0.25, 0.3) is 11.3 Å². The van der Waals surface area contributed by atoms with Crippen LogP contribution in [0, 0.1) is 10.1 Å². The number of rotatable bonds is 6. The van der Waals surface area contributed by atoms with Crippen LogP contribution in [0.15, 0.2) is 36.4 Å². The predicted octanol–water partition coefficient (Wildman–Crippen LogP) is 2.04. The molecule has 0 amide bonds. The Balaban J connectivity index is 1.72. The Hall–Kier alpha value is -2.55. The minimum absolute atomic E-state index is 0.0136. The van der Waals surface area contributed by atoms with Gasteiger partial charge in [-0.1, -0.05) is 12.1 Å². The summed E-state index contributed by atoms with van der Waals surface area (Å²) in [5.74, 6) is 0.471. The molecule has 126 valence electrons. The molecule has 2 aromatic rings. The summed E-state index contributed by atoms with van der Waals surface area (Å²) in [6.45, 7) is 0.302. The van der Waals surface area contributed by atoms with E-state index in [-0.39, 0.29) is 5.69 Å². The zero-order valence-corrected chi connectivity index (χ0v) is 13.8. The largest absolute Gasteiger partial charge is 0.367 e. The van der Waals surface area contributed by atoms with Crippen LogP contribution in [0.2, 0.25) is 0 Å². The number of non-ortho nitro benzene ring substituents is 1. The van der Waals surface area contributed by atoms with Crippen LogP contribution in [0.1, 0.15) is 12.8 Å². The lowest BCUT2D eigenvalue weighted by Gasteiger charge is -2.14. The van der Waals surface area contributed by atoms with Crippen molar-refractivity contribution in [3.05, 3.63) is 46.5 Å². The first-order chi connectivity index (χ1) is 11.3. The molecule has 1 aliphatic rings. The number of nitro groups is 1. The first-order valence-electron chi connectivity index (χ1n) is 7.33. The van der Waals surface area contributed by atoms with Crippen molar-refractivity contribution in [1.82, 2.24) is 10.2 Å². The number of hydrogen-bond donors (Lipinski definition) is 1. The van der Waals surface area contributed by atoms with Gasteiger partial charge in [0.25, 0.3) is 5.69 Å². The van der Waals surface area contributed by atoms with Gasteiger partial charge in [0.1, 0.15) is 5.82 Å². The highest BCUT2D eigenvalue weighted by atomic mass is 32.2. The smallest absolute Gasteiger partial charge is 0.270 e. The van der Waals surface area contributed by atoms with Crippen molar-refractivity contribution in [2.24, 2.45) is 0 Å². The van der Waals surface area contributed by atoms with E-state index in [1.54, 1.807) is 24.3 Å². The first kappa shape index (κ1) is 16.3. The highest BCUT2D eigenvalue weighted by Crippen LogP contribution is 2.43. The quantitative estimate of drug-likeness (QED) is 0.627. The van der Waals surface area contributed by atoms with E-state index in [1.807, 2.05) is 0 Å². The average Bonchev–Trinajstić information content (AvgIpc) is 3.35. The standard InChI is InChI=1S/C15H16N4O4S/c1-24(22,23)15(7-8-15)10-16-14-6-5-13(17-18-14)11-3-2-4-12(9-11)19(20)21/h2-6,9H,7-8,10H2,1H3,(H,16,18). The number of nitro benzene ring substituents is 1. The molecule has 8 nitrogen and oxygen atoms in total. The highest BCUT2D eigenvalue weighted by Gasteiger charge is 2.51. The van der Waals surface area contributed by atoms with Crippen LogP contribution < -0.4 is 5.32 Å². The number of hydrogen-bond acceptors (Lipinski definition) is 7. The second-order valence-corrected chi connectivity index (χ2v) is 8.33. The van der Waals surface area contributed by atoms with Gasteiger partial charge in [-0.3, -0.25) is 10.1 Å². The molecule has 1 aliphatic carbocycles. The second-order valence-electron chi connectivity index (χ2n) is 5.92. The number of benzene rings is 1. The predicted molar refractivity (Wildman–Crippen MR) is 89.4 cm³/mol. The molecule has 3 rings (SSSR count). The molecule has 1 aromatic carbocycles. The van der Waals surface area contributed by atoms with E-state index in [1.165, 1.54) is 18.4 Å². The molecule has 0 unspecified atom stereocenters. The van der Waals surface area contributed by atoms with Gasteiger partial charge in [-0.05, 0) is 25.0 Å². The minimum atomic E-state index is -3.10. The Kier molecular flexibility index (Phi) is 3.96. The molecule has 9 heteroatoms. The van der Waals surface area contributed by atoms with Crippen LogP contribution in [0.4, 0.5) is 11.5 Å². The molecule has 0 radical (unpaired) electrons. The summed E-state index contributed by atoms with van der Waals surface area (Å²) in [6, 6.07) is 9.51. The molecule has 0 aliphatic heterocycles. The fourth-order valence-electron chi connectivity index (χ4n) is 2.43. The SMILES string of the molecule is CS(=O)(=O)C1(CNc2ccc(-c3cccc([N+](=O)[O-])c3)nn2)CC1. The third-order valence-electron chi connectivity index (χ3n) is 4.20. The summed E-state index contributed by atoms with van der Waals surface area (Å²) in [5.41, 5.74) is 1.09. The Morgan fingerprint density at radius 2 is 2.00 bits per heavy atom. The molecule has 1 saturated carbocycles. The lowest BCUT2D eigenvalue weighted by molar-refractivity contribution is -0.384. The summed E-state index contributed by atoms with van der Waals surface area (Å²) in [5, 5.41) is 21.9. The van der Waals surface area contributed by atoms with Crippen molar-refractivity contribution in [1.29, 1.82) is 0 Å². The van der Waals surface area contributed by atoms with Crippen molar-refractivity contribution in [3.8, 4) is 11.3 Å². The van der Waals surface area contributed by atoms with Crippen LogP contribution in [-0.4, -0.2) is 41.1 Å². The lowest BCUT2D eigenvalue weighted by atomic mass is 10.1. The van der Waals surface area contributed by atoms with Crippen LogP contribution in [0.5, 0.6) is 0 Å². The normalized spacial score (nSPS) is 15.7. The van der Waals surface area contributed by atoms with Gasteiger partial charge in [-0.15, -0.1) is 10.2 Å². The molecule has 24 heavy (non-hydrogen) atoms. The van der Waals surface area contributed by atoms with Crippen LogP contribution >= 0.6 is 0 Å². The molecule has 0 spiro atoms. The third kappa shape index (κ3) is 3.21. The monoisotopic (exact) mass is 348 g/mol. The van der Waals surface area contributed by atoms with E-state index in [0.717, 1.165) is 0 Å². The summed E-state index contributed by atoms with van der Waals surface area (Å²) in [6.07, 6.45) is 2.55. The van der Waals surface area contributed by atoms with Crippen molar-refractivity contribution in [3.63, 3.8) is 0 Å². The molecule has 0 bridgehead atoms. The summed E-state index contributed by atoms with van der Waals surface area (Å²) >= 11 is 0. The maximum atomic E-state index is 11.7. The van der Waals surface area contributed by atoms with E-state index in [0.29, 0.717) is 36.5 Å². The zero-order valence-electron chi connectivity index (χ0n) is 13.0. The van der Waals surface area contributed by atoms with Gasteiger partial charge < -0.3 is 5.32 Å². The van der Waals surface area contributed by atoms with Gasteiger partial charge in [0.2, 0.25) is 0 Å². The fourth-order valence-corrected chi connectivity index (χ4v) is 3.61. The molecular formula is C15H16N4O4S. The van der Waals surface area contributed by atoms with Gasteiger partial charge in [-0.25, -0.2) is 8.42 Å². The molecule has 0 atom stereocenters. The summed E-state index contributed by atoms with van der Waals surface area (Å²) in [4.78, 5) is 10.3. The maximum absolute atomic E-state index is 11.7. The average molecular weight is 348 g/mol. The number of nitrogens with zero attached hydrogens (tertiary/aromatic N) is 3. The third-order valence-corrected chi connectivity index (χ3v) is 6.33. The molecule has 1 heterocycles. The number of nitrogens with one attached hydrogen (secondary N) is 1. The van der Waals surface area contributed by atoms with E-state index in [9.17, 15) is 18.5 Å². The van der Waals surface area contributed by atoms with Crippen LogP contribution in [0.3, 0.4) is 0 Å². The Bertz CT molecular complexity index is 877. The van der Waals surface area contributed by atoms with E-state index in [2.05, 4.69) is 15.5 Å².